The zero-order valence-corrected chi connectivity index (χ0v) is 20.3. The summed E-state index contributed by atoms with van der Waals surface area (Å²) in [6.07, 6.45) is 0.188. The highest BCUT2D eigenvalue weighted by Gasteiger charge is 2.13. The standard InChI is InChI=1S/C28H33N3O5/c1-18(30-16-26(34)23-9-10-25(33)24(14-23)17-32)11-20-3-2-4-21(12-20)13-27(35)31-15-19-5-7-22(8-6-19)28(29)36/h2-10,12,14,18,26,30,32-34H,11,13,15-17H2,1H3,(H2,29,36)(H,31,35)/t18-,26+/m1/s1. The van der Waals surface area contributed by atoms with Gasteiger partial charge in [-0.15, -0.1) is 0 Å². The third-order valence-corrected chi connectivity index (χ3v) is 5.94. The largest absolute Gasteiger partial charge is 0.508 e. The molecule has 0 aliphatic carbocycles. The first-order valence-electron chi connectivity index (χ1n) is 11.8. The monoisotopic (exact) mass is 491 g/mol. The molecule has 190 valence electrons. The van der Waals surface area contributed by atoms with Crippen molar-refractivity contribution in [3.05, 3.63) is 100 Å². The van der Waals surface area contributed by atoms with Crippen LogP contribution < -0.4 is 16.4 Å². The zero-order valence-electron chi connectivity index (χ0n) is 20.3. The molecule has 2 amide bonds. The van der Waals surface area contributed by atoms with E-state index in [-0.39, 0.29) is 30.7 Å². The number of nitrogens with two attached hydrogens (primary N) is 1. The molecule has 2 atom stereocenters. The van der Waals surface area contributed by atoms with E-state index in [2.05, 4.69) is 10.6 Å². The van der Waals surface area contributed by atoms with E-state index in [0.717, 1.165) is 16.7 Å². The molecule has 0 aromatic heterocycles. The van der Waals surface area contributed by atoms with Crippen LogP contribution in [-0.2, 0) is 30.8 Å². The van der Waals surface area contributed by atoms with Gasteiger partial charge in [0.05, 0.1) is 19.1 Å². The third kappa shape index (κ3) is 7.91. The van der Waals surface area contributed by atoms with Gasteiger partial charge >= 0.3 is 0 Å². The molecule has 0 bridgehead atoms. The van der Waals surface area contributed by atoms with Crippen LogP contribution in [0.2, 0.25) is 0 Å². The van der Waals surface area contributed by atoms with Crippen LogP contribution in [0.1, 0.15) is 51.2 Å². The van der Waals surface area contributed by atoms with Crippen LogP contribution in [0, 0.1) is 0 Å². The highest BCUT2D eigenvalue weighted by molar-refractivity contribution is 5.92. The van der Waals surface area contributed by atoms with Crippen LogP contribution in [0.25, 0.3) is 0 Å². The van der Waals surface area contributed by atoms with Crippen LogP contribution in [0.4, 0.5) is 0 Å². The van der Waals surface area contributed by atoms with Gasteiger partial charge in [0.2, 0.25) is 11.8 Å². The van der Waals surface area contributed by atoms with E-state index in [1.54, 1.807) is 36.4 Å². The summed E-state index contributed by atoms with van der Waals surface area (Å²) in [7, 11) is 0. The van der Waals surface area contributed by atoms with Gasteiger partial charge in [0.1, 0.15) is 5.75 Å². The van der Waals surface area contributed by atoms with Crippen molar-refractivity contribution in [1.82, 2.24) is 10.6 Å². The number of carbonyl (C=O) groups excluding carboxylic acids is 2. The second-order valence-corrected chi connectivity index (χ2v) is 8.91. The number of primary amides is 1. The Morgan fingerprint density at radius 3 is 2.39 bits per heavy atom. The maximum atomic E-state index is 12.4. The number of rotatable bonds is 12. The van der Waals surface area contributed by atoms with E-state index in [9.17, 15) is 24.9 Å². The Balaban J connectivity index is 1.47. The minimum absolute atomic E-state index is 0.00204. The highest BCUT2D eigenvalue weighted by Crippen LogP contribution is 2.22. The number of phenols is 1. The Morgan fingerprint density at radius 2 is 1.69 bits per heavy atom. The van der Waals surface area contributed by atoms with Crippen molar-refractivity contribution in [3.8, 4) is 5.75 Å². The molecule has 3 aromatic rings. The molecule has 0 fully saturated rings. The molecule has 3 aromatic carbocycles. The van der Waals surface area contributed by atoms with E-state index in [0.29, 0.717) is 36.2 Å². The van der Waals surface area contributed by atoms with Gasteiger partial charge in [-0.2, -0.15) is 0 Å². The van der Waals surface area contributed by atoms with E-state index in [4.69, 9.17) is 5.73 Å². The van der Waals surface area contributed by atoms with Crippen LogP contribution >= 0.6 is 0 Å². The Bertz CT molecular complexity index is 1180. The van der Waals surface area contributed by atoms with Crippen molar-refractivity contribution in [2.45, 2.75) is 45.1 Å². The van der Waals surface area contributed by atoms with Crippen molar-refractivity contribution in [2.75, 3.05) is 6.54 Å². The molecule has 0 saturated carbocycles. The first-order chi connectivity index (χ1) is 17.2. The summed E-state index contributed by atoms with van der Waals surface area (Å²) in [5.74, 6) is -0.584. The fourth-order valence-corrected chi connectivity index (χ4v) is 3.90. The van der Waals surface area contributed by atoms with Crippen LogP contribution in [-0.4, -0.2) is 39.7 Å². The minimum atomic E-state index is -0.777. The minimum Gasteiger partial charge on any atom is -0.508 e. The molecule has 0 spiro atoms. The van der Waals surface area contributed by atoms with Gasteiger partial charge in [0.25, 0.3) is 0 Å². The van der Waals surface area contributed by atoms with Crippen molar-refractivity contribution in [2.24, 2.45) is 5.73 Å². The summed E-state index contributed by atoms with van der Waals surface area (Å²) >= 11 is 0. The van der Waals surface area contributed by atoms with Crippen LogP contribution in [0.15, 0.2) is 66.7 Å². The van der Waals surface area contributed by atoms with Crippen molar-refractivity contribution in [1.29, 1.82) is 0 Å². The number of carbonyl (C=O) groups is 2. The number of nitrogens with one attached hydrogen (secondary N) is 2. The lowest BCUT2D eigenvalue weighted by Gasteiger charge is -2.18. The highest BCUT2D eigenvalue weighted by atomic mass is 16.3. The molecule has 8 heteroatoms. The van der Waals surface area contributed by atoms with Crippen LogP contribution in [0.3, 0.4) is 0 Å². The lowest BCUT2D eigenvalue weighted by atomic mass is 10.0. The number of amides is 2. The second-order valence-electron chi connectivity index (χ2n) is 8.91. The smallest absolute Gasteiger partial charge is 0.248 e. The van der Waals surface area contributed by atoms with Crippen molar-refractivity contribution in [3.63, 3.8) is 0 Å². The SMILES string of the molecule is C[C@H](Cc1cccc(CC(=O)NCc2ccc(C(N)=O)cc2)c1)NC[C@H](O)c1ccc(O)c(CO)c1. The number of hydrogen-bond acceptors (Lipinski definition) is 6. The molecule has 36 heavy (non-hydrogen) atoms. The van der Waals surface area contributed by atoms with Gasteiger partial charge in [-0.3, -0.25) is 9.59 Å². The van der Waals surface area contributed by atoms with Crippen LogP contribution in [0.5, 0.6) is 5.75 Å². The zero-order chi connectivity index (χ0) is 26.1. The number of benzene rings is 3. The van der Waals surface area contributed by atoms with Gasteiger partial charge in [-0.25, -0.2) is 0 Å². The number of aliphatic hydroxyl groups excluding tert-OH is 2. The summed E-state index contributed by atoms with van der Waals surface area (Å²) in [5, 5.41) is 35.6. The fraction of sp³-hybridized carbons (Fsp3) is 0.286. The molecule has 0 unspecified atom stereocenters. The Morgan fingerprint density at radius 1 is 0.972 bits per heavy atom. The van der Waals surface area contributed by atoms with Gasteiger partial charge in [-0.1, -0.05) is 42.5 Å². The molecular formula is C28H33N3O5. The van der Waals surface area contributed by atoms with E-state index in [1.807, 2.05) is 31.2 Å². The first kappa shape index (κ1) is 26.9. The summed E-state index contributed by atoms with van der Waals surface area (Å²) in [4.78, 5) is 23.6. The quantitative estimate of drug-likeness (QED) is 0.229. The second kappa shape index (κ2) is 12.8. The molecule has 0 aliphatic rings. The topological polar surface area (TPSA) is 145 Å². The molecule has 0 heterocycles. The summed E-state index contributed by atoms with van der Waals surface area (Å²) in [6, 6.07) is 19.4. The predicted molar refractivity (Wildman–Crippen MR) is 137 cm³/mol. The third-order valence-electron chi connectivity index (χ3n) is 5.94. The maximum absolute atomic E-state index is 12.4. The van der Waals surface area contributed by atoms with Gasteiger partial charge in [0, 0.05) is 30.3 Å². The van der Waals surface area contributed by atoms with Crippen molar-refractivity contribution >= 4 is 11.8 Å². The van der Waals surface area contributed by atoms with Gasteiger partial charge in [-0.05, 0) is 59.9 Å². The summed E-state index contributed by atoms with van der Waals surface area (Å²) < 4.78 is 0. The molecule has 3 rings (SSSR count). The van der Waals surface area contributed by atoms with E-state index >= 15 is 0 Å². The average Bonchev–Trinajstić information content (AvgIpc) is 2.86. The fourth-order valence-electron chi connectivity index (χ4n) is 3.90. The Kier molecular flexibility index (Phi) is 9.58. The molecule has 7 N–H and O–H groups in total. The average molecular weight is 492 g/mol. The van der Waals surface area contributed by atoms with Gasteiger partial charge in [0.15, 0.2) is 0 Å². The molecule has 8 nitrogen and oxygen atoms in total. The Hall–Kier alpha value is -3.72. The summed E-state index contributed by atoms with van der Waals surface area (Å²) in [6.45, 7) is 2.40. The molecule has 0 aliphatic heterocycles. The normalized spacial score (nSPS) is 12.6. The maximum Gasteiger partial charge on any atom is 0.248 e. The molecule has 0 radical (unpaired) electrons. The molecule has 0 saturated heterocycles. The van der Waals surface area contributed by atoms with E-state index in [1.165, 1.54) is 6.07 Å². The lowest BCUT2D eigenvalue weighted by molar-refractivity contribution is -0.120. The van der Waals surface area contributed by atoms with E-state index < -0.39 is 12.0 Å². The number of hydrogen-bond donors (Lipinski definition) is 6. The summed E-state index contributed by atoms with van der Waals surface area (Å²) in [5.41, 5.74) is 9.52. The molecular weight excluding hydrogens is 458 g/mol. The lowest BCUT2D eigenvalue weighted by Crippen LogP contribution is -2.32. The Labute approximate surface area is 210 Å². The van der Waals surface area contributed by atoms with Gasteiger partial charge < -0.3 is 31.7 Å². The first-order valence-corrected chi connectivity index (χ1v) is 11.8. The number of aromatic hydroxyl groups is 1. The number of aliphatic hydroxyl groups is 2. The predicted octanol–water partition coefficient (Wildman–Crippen LogP) is 2.10. The van der Waals surface area contributed by atoms with Crippen molar-refractivity contribution < 1.29 is 24.9 Å².